The Morgan fingerprint density at radius 3 is 2.89 bits per heavy atom. The lowest BCUT2D eigenvalue weighted by Gasteiger charge is -1.92. The van der Waals surface area contributed by atoms with Crippen LogP contribution in [0.25, 0.3) is 0 Å². The number of aromatic amines is 1. The van der Waals surface area contributed by atoms with Crippen LogP contribution < -0.4 is 5.44 Å². The van der Waals surface area contributed by atoms with Crippen molar-refractivity contribution >= 4 is 14.7 Å². The van der Waals surface area contributed by atoms with Gasteiger partial charge in [0.2, 0.25) is 0 Å². The summed E-state index contributed by atoms with van der Waals surface area (Å²) in [6.07, 6.45) is 4.38. The Morgan fingerprint density at radius 2 is 2.44 bits per heavy atom. The lowest BCUT2D eigenvalue weighted by atomic mass is 10.2. The van der Waals surface area contributed by atoms with Crippen LogP contribution in [0.3, 0.4) is 0 Å². The first-order valence-corrected chi connectivity index (χ1v) is 3.84. The molecular weight excluding hydrogens is 129 g/mol. The van der Waals surface area contributed by atoms with Gasteiger partial charge in [0.05, 0.1) is 0 Å². The minimum Gasteiger partial charge on any atom is -0.362 e. The van der Waals surface area contributed by atoms with Gasteiger partial charge in [-0.2, -0.15) is 0 Å². The van der Waals surface area contributed by atoms with Gasteiger partial charge >= 0.3 is 0 Å². The Hall–Kier alpha value is -0.290. The molecule has 50 valence electrons. The maximum Gasteiger partial charge on any atom is 0.0353 e. The molecule has 0 fully saturated rings. The van der Waals surface area contributed by atoms with Crippen molar-refractivity contribution < 1.29 is 0 Å². The topological polar surface area (TPSA) is 15.8 Å². The van der Waals surface area contributed by atoms with Gasteiger partial charge in [-0.3, -0.25) is 0 Å². The Morgan fingerprint density at radius 1 is 1.67 bits per heavy atom. The Balaban J connectivity index is 2.69. The molecule has 0 bridgehead atoms. The van der Waals surface area contributed by atoms with Crippen molar-refractivity contribution in [1.29, 1.82) is 0 Å². The maximum atomic E-state index is 3.12. The number of hydrogen-bond acceptors (Lipinski definition) is 0. The predicted molar refractivity (Wildman–Crippen MR) is 44.1 cm³/mol. The van der Waals surface area contributed by atoms with Crippen molar-refractivity contribution in [2.45, 2.75) is 19.8 Å². The average molecular weight is 141 g/mol. The molecule has 1 heterocycles. The molecule has 1 rings (SSSR count). The molecule has 1 atom stereocenters. The van der Waals surface area contributed by atoms with Gasteiger partial charge in [0, 0.05) is 11.6 Å². The summed E-state index contributed by atoms with van der Waals surface area (Å²) in [4.78, 5) is 3.12. The van der Waals surface area contributed by atoms with Gasteiger partial charge in [-0.15, -0.1) is 0 Å². The van der Waals surface area contributed by atoms with E-state index in [2.05, 4.69) is 27.2 Å². The molecule has 0 aliphatic rings. The smallest absolute Gasteiger partial charge is 0.0353 e. The van der Waals surface area contributed by atoms with Gasteiger partial charge in [-0.05, 0) is 18.1 Å². The van der Waals surface area contributed by atoms with Gasteiger partial charge in [-0.1, -0.05) is 22.6 Å². The van der Waals surface area contributed by atoms with Crippen LogP contribution in [0.5, 0.6) is 0 Å². The van der Waals surface area contributed by atoms with Crippen molar-refractivity contribution in [3.8, 4) is 0 Å². The second-order valence-corrected chi connectivity index (χ2v) is 2.74. The highest BCUT2D eigenvalue weighted by atomic mass is 31.0. The summed E-state index contributed by atoms with van der Waals surface area (Å²) in [7, 11) is 2.69. The summed E-state index contributed by atoms with van der Waals surface area (Å²) in [5.74, 6) is 0. The van der Waals surface area contributed by atoms with Gasteiger partial charge in [0.25, 0.3) is 0 Å². The highest BCUT2D eigenvalue weighted by Gasteiger charge is 1.94. The van der Waals surface area contributed by atoms with Crippen LogP contribution in [0.1, 0.15) is 18.9 Å². The Kier molecular flexibility index (Phi) is 2.29. The number of aryl methyl sites for hydroxylation is 1. The zero-order valence-electron chi connectivity index (χ0n) is 5.65. The molecule has 0 amide bonds. The second kappa shape index (κ2) is 3.03. The third-order valence-corrected chi connectivity index (χ3v) is 1.93. The summed E-state index contributed by atoms with van der Waals surface area (Å²) >= 11 is 0. The quantitative estimate of drug-likeness (QED) is 0.600. The molecule has 1 aromatic rings. The Bertz CT molecular complexity index is 181. The molecule has 0 aromatic carbocycles. The van der Waals surface area contributed by atoms with E-state index in [-0.39, 0.29) is 0 Å². The van der Waals surface area contributed by atoms with E-state index in [1.165, 1.54) is 23.8 Å². The number of rotatable bonds is 2. The third-order valence-electron chi connectivity index (χ3n) is 1.39. The summed E-state index contributed by atoms with van der Waals surface area (Å²) in [6, 6.07) is 2.13. The van der Waals surface area contributed by atoms with Crippen LogP contribution in [0.2, 0.25) is 0 Å². The van der Waals surface area contributed by atoms with Crippen LogP contribution in [0, 0.1) is 0 Å². The van der Waals surface area contributed by atoms with E-state index in [1.807, 2.05) is 6.20 Å². The second-order valence-electron chi connectivity index (χ2n) is 2.17. The number of nitrogens with one attached hydrogen (secondary N) is 1. The third kappa shape index (κ3) is 1.56. The highest BCUT2D eigenvalue weighted by molar-refractivity contribution is 7.27. The molecule has 1 N–H and O–H groups in total. The summed E-state index contributed by atoms with van der Waals surface area (Å²) in [5, 5.41) is 0. The van der Waals surface area contributed by atoms with E-state index in [1.54, 1.807) is 0 Å². The molecule has 0 spiro atoms. The van der Waals surface area contributed by atoms with E-state index in [9.17, 15) is 0 Å². The molecule has 2 heteroatoms. The van der Waals surface area contributed by atoms with E-state index < -0.39 is 0 Å². The molecule has 0 aliphatic heterocycles. The summed E-state index contributed by atoms with van der Waals surface area (Å²) in [6.45, 7) is 2.19. The zero-order chi connectivity index (χ0) is 6.69. The van der Waals surface area contributed by atoms with Gasteiger partial charge < -0.3 is 4.98 Å². The van der Waals surface area contributed by atoms with Crippen molar-refractivity contribution in [2.75, 3.05) is 0 Å². The first kappa shape index (κ1) is 6.82. The fourth-order valence-corrected chi connectivity index (χ4v) is 1.24. The molecule has 1 unspecified atom stereocenters. The van der Waals surface area contributed by atoms with E-state index >= 15 is 0 Å². The van der Waals surface area contributed by atoms with Crippen molar-refractivity contribution in [2.24, 2.45) is 0 Å². The number of H-pyrrole nitrogens is 1. The largest absolute Gasteiger partial charge is 0.362 e. The molecule has 9 heavy (non-hydrogen) atoms. The SMILES string of the molecule is CCCc1cc[nH]c1P. The highest BCUT2D eigenvalue weighted by Crippen LogP contribution is 2.01. The standard InChI is InChI=1S/C7H12NP/c1-2-3-6-4-5-8-7(6)9/h4-5,8H,2-3,9H2,1H3. The minimum atomic E-state index is 1.18. The predicted octanol–water partition coefficient (Wildman–Crippen LogP) is 1.47. The van der Waals surface area contributed by atoms with E-state index in [0.29, 0.717) is 0 Å². The van der Waals surface area contributed by atoms with E-state index in [4.69, 9.17) is 0 Å². The maximum absolute atomic E-state index is 3.12. The molecule has 0 radical (unpaired) electrons. The molecule has 0 saturated carbocycles. The number of hydrogen-bond donors (Lipinski definition) is 1. The van der Waals surface area contributed by atoms with Crippen LogP contribution in [-0.4, -0.2) is 4.98 Å². The molecule has 1 aromatic heterocycles. The fourth-order valence-electron chi connectivity index (χ4n) is 0.902. The van der Waals surface area contributed by atoms with E-state index in [0.717, 1.165) is 0 Å². The molecular formula is C7H12NP. The average Bonchev–Trinajstić information content (AvgIpc) is 2.18. The van der Waals surface area contributed by atoms with Crippen LogP contribution in [0.4, 0.5) is 0 Å². The fraction of sp³-hybridized carbons (Fsp3) is 0.429. The Labute approximate surface area is 58.1 Å². The van der Waals surface area contributed by atoms with Crippen molar-refractivity contribution in [1.82, 2.24) is 4.98 Å². The summed E-state index contributed by atoms with van der Waals surface area (Å²) < 4.78 is 0. The van der Waals surface area contributed by atoms with Crippen LogP contribution in [0.15, 0.2) is 12.3 Å². The number of aromatic nitrogens is 1. The molecule has 1 nitrogen and oxygen atoms in total. The van der Waals surface area contributed by atoms with Crippen molar-refractivity contribution in [3.05, 3.63) is 17.8 Å². The minimum absolute atomic E-state index is 1.18. The van der Waals surface area contributed by atoms with Crippen LogP contribution in [-0.2, 0) is 6.42 Å². The zero-order valence-corrected chi connectivity index (χ0v) is 6.80. The van der Waals surface area contributed by atoms with Crippen LogP contribution >= 0.6 is 9.24 Å². The normalized spacial score (nSPS) is 10.0. The van der Waals surface area contributed by atoms with Crippen molar-refractivity contribution in [3.63, 3.8) is 0 Å². The molecule has 0 saturated heterocycles. The first-order valence-electron chi connectivity index (χ1n) is 3.26. The molecule has 0 aliphatic carbocycles. The lowest BCUT2D eigenvalue weighted by Crippen LogP contribution is -1.97. The van der Waals surface area contributed by atoms with Gasteiger partial charge in [0.15, 0.2) is 0 Å². The summed E-state index contributed by atoms with van der Waals surface area (Å²) in [5.41, 5.74) is 2.65. The van der Waals surface area contributed by atoms with Gasteiger partial charge in [-0.25, -0.2) is 0 Å². The first-order chi connectivity index (χ1) is 4.34. The lowest BCUT2D eigenvalue weighted by molar-refractivity contribution is 0.929. The van der Waals surface area contributed by atoms with Gasteiger partial charge in [0.1, 0.15) is 0 Å². The monoisotopic (exact) mass is 141 g/mol.